The van der Waals surface area contributed by atoms with Gasteiger partial charge in [-0.25, -0.2) is 0 Å². The normalized spacial score (nSPS) is 17.5. The van der Waals surface area contributed by atoms with Gasteiger partial charge in [0, 0.05) is 43.0 Å². The van der Waals surface area contributed by atoms with E-state index in [9.17, 15) is 14.9 Å². The van der Waals surface area contributed by atoms with E-state index in [0.29, 0.717) is 17.2 Å². The van der Waals surface area contributed by atoms with Crippen molar-refractivity contribution >= 4 is 17.2 Å². The molecule has 24 heavy (non-hydrogen) atoms. The number of nitro benzene ring substituents is 1. The van der Waals surface area contributed by atoms with Gasteiger partial charge in [-0.3, -0.25) is 19.9 Å². The summed E-state index contributed by atoms with van der Waals surface area (Å²) >= 11 is 0. The summed E-state index contributed by atoms with van der Waals surface area (Å²) in [6.07, 6.45) is 5.58. The third-order valence-corrected chi connectivity index (χ3v) is 4.52. The first-order valence-corrected chi connectivity index (χ1v) is 8.00. The molecule has 2 heterocycles. The molecular weight excluding hydrogens is 306 g/mol. The molecule has 1 aromatic carbocycles. The molecular formula is C18H19N3O3. The molecule has 0 radical (unpaired) electrons. The van der Waals surface area contributed by atoms with E-state index in [1.807, 2.05) is 12.1 Å². The van der Waals surface area contributed by atoms with Crippen LogP contribution in [-0.2, 0) is 0 Å². The molecule has 0 spiro atoms. The molecule has 3 rings (SSSR count). The highest BCUT2D eigenvalue weighted by Gasteiger charge is 2.27. The lowest BCUT2D eigenvalue weighted by atomic mass is 9.91. The first kappa shape index (κ1) is 16.1. The average Bonchev–Trinajstić information content (AvgIpc) is 2.62. The zero-order valence-electron chi connectivity index (χ0n) is 13.5. The van der Waals surface area contributed by atoms with Crippen molar-refractivity contribution in [1.29, 1.82) is 0 Å². The van der Waals surface area contributed by atoms with Gasteiger partial charge in [0.15, 0.2) is 5.78 Å². The molecule has 124 valence electrons. The van der Waals surface area contributed by atoms with Gasteiger partial charge in [0.1, 0.15) is 5.69 Å². The molecule has 2 aromatic rings. The fraction of sp³-hybridized carbons (Fsp3) is 0.333. The predicted molar refractivity (Wildman–Crippen MR) is 91.5 cm³/mol. The minimum Gasteiger partial charge on any atom is -0.365 e. The lowest BCUT2D eigenvalue weighted by Crippen LogP contribution is -2.34. The quantitative estimate of drug-likeness (QED) is 0.488. The Morgan fingerprint density at radius 3 is 2.71 bits per heavy atom. The number of carbonyl (C=O) groups excluding carboxylic acids is 1. The van der Waals surface area contributed by atoms with Gasteiger partial charge in [-0.15, -0.1) is 0 Å². The fourth-order valence-electron chi connectivity index (χ4n) is 3.26. The Kier molecular flexibility index (Phi) is 4.55. The molecule has 0 N–H and O–H groups in total. The fourth-order valence-corrected chi connectivity index (χ4v) is 3.26. The molecule has 1 aliphatic rings. The number of benzene rings is 1. The molecule has 0 amide bonds. The molecule has 6 heteroatoms. The van der Waals surface area contributed by atoms with Crippen molar-refractivity contribution in [3.05, 3.63) is 64.0 Å². The topological polar surface area (TPSA) is 76.3 Å². The van der Waals surface area contributed by atoms with E-state index < -0.39 is 4.92 Å². The van der Waals surface area contributed by atoms with E-state index in [4.69, 9.17) is 0 Å². The van der Waals surface area contributed by atoms with E-state index in [-0.39, 0.29) is 11.5 Å². The molecule has 0 saturated carbocycles. The van der Waals surface area contributed by atoms with Crippen LogP contribution in [0.5, 0.6) is 0 Å². The number of anilines is 1. The van der Waals surface area contributed by atoms with E-state index in [2.05, 4.69) is 9.88 Å². The number of piperidine rings is 1. The van der Waals surface area contributed by atoms with Gasteiger partial charge in [0.2, 0.25) is 0 Å². The largest absolute Gasteiger partial charge is 0.365 e. The summed E-state index contributed by atoms with van der Waals surface area (Å²) in [6, 6.07) is 8.75. The predicted octanol–water partition coefficient (Wildman–Crippen LogP) is 3.58. The molecule has 0 aliphatic carbocycles. The number of rotatable bonds is 4. The Morgan fingerprint density at radius 1 is 1.29 bits per heavy atom. The summed E-state index contributed by atoms with van der Waals surface area (Å²) in [5.41, 5.74) is 2.16. The van der Waals surface area contributed by atoms with Crippen molar-refractivity contribution < 1.29 is 9.72 Å². The third-order valence-electron chi connectivity index (χ3n) is 4.52. The van der Waals surface area contributed by atoms with Crippen molar-refractivity contribution in [1.82, 2.24) is 4.98 Å². The first-order valence-electron chi connectivity index (χ1n) is 8.00. The van der Waals surface area contributed by atoms with Crippen LogP contribution >= 0.6 is 0 Å². The molecule has 1 fully saturated rings. The van der Waals surface area contributed by atoms with Crippen LogP contribution in [0.15, 0.2) is 42.7 Å². The monoisotopic (exact) mass is 325 g/mol. The smallest absolute Gasteiger partial charge is 0.293 e. The van der Waals surface area contributed by atoms with Crippen molar-refractivity contribution in [2.24, 2.45) is 0 Å². The minimum atomic E-state index is -0.405. The number of hydrogen-bond acceptors (Lipinski definition) is 5. The highest BCUT2D eigenvalue weighted by Crippen LogP contribution is 2.35. The summed E-state index contributed by atoms with van der Waals surface area (Å²) in [5.74, 6) is 0.159. The summed E-state index contributed by atoms with van der Waals surface area (Å²) in [5, 5.41) is 11.5. The maximum absolute atomic E-state index is 11.5. The van der Waals surface area contributed by atoms with Gasteiger partial charge in [0.25, 0.3) is 5.69 Å². The maximum atomic E-state index is 11.5. The van der Waals surface area contributed by atoms with Crippen LogP contribution in [0.1, 0.15) is 41.6 Å². The van der Waals surface area contributed by atoms with E-state index in [1.54, 1.807) is 24.5 Å². The number of pyridine rings is 1. The van der Waals surface area contributed by atoms with Gasteiger partial charge in [0.05, 0.1) is 4.92 Å². The van der Waals surface area contributed by atoms with E-state index >= 15 is 0 Å². The summed E-state index contributed by atoms with van der Waals surface area (Å²) < 4.78 is 0. The second-order valence-electron chi connectivity index (χ2n) is 6.08. The Bertz CT molecular complexity index is 761. The standard InChI is InChI=1S/C18H19N3O3/c1-13(22)15-4-5-17(18(11-15)21(23)24)20-10-2-3-16(12-20)14-6-8-19-9-7-14/h4-9,11,16H,2-3,10,12H2,1H3/t16-/m0/s1. The lowest BCUT2D eigenvalue weighted by Gasteiger charge is -2.34. The van der Waals surface area contributed by atoms with Crippen molar-refractivity contribution in [3.63, 3.8) is 0 Å². The van der Waals surface area contributed by atoms with Gasteiger partial charge in [-0.1, -0.05) is 0 Å². The Morgan fingerprint density at radius 2 is 2.04 bits per heavy atom. The highest BCUT2D eigenvalue weighted by molar-refractivity contribution is 5.95. The molecule has 1 aliphatic heterocycles. The van der Waals surface area contributed by atoms with Crippen molar-refractivity contribution in [2.75, 3.05) is 18.0 Å². The van der Waals surface area contributed by atoms with Crippen LogP contribution in [-0.4, -0.2) is 28.8 Å². The number of aromatic nitrogens is 1. The van der Waals surface area contributed by atoms with E-state index in [0.717, 1.165) is 25.9 Å². The van der Waals surface area contributed by atoms with Crippen LogP contribution in [0.4, 0.5) is 11.4 Å². The summed E-state index contributed by atoms with van der Waals surface area (Å²) in [6.45, 7) is 2.92. The second-order valence-corrected chi connectivity index (χ2v) is 6.08. The second kappa shape index (κ2) is 6.78. The molecule has 0 unspecified atom stereocenters. The number of Topliss-reactive ketones (excluding diaryl/α,β-unsaturated/α-hetero) is 1. The summed E-state index contributed by atoms with van der Waals surface area (Å²) in [4.78, 5) is 28.6. The Labute approximate surface area is 140 Å². The number of carbonyl (C=O) groups is 1. The van der Waals surface area contributed by atoms with Crippen LogP contribution in [0.2, 0.25) is 0 Å². The molecule has 6 nitrogen and oxygen atoms in total. The van der Waals surface area contributed by atoms with Crippen LogP contribution in [0.25, 0.3) is 0 Å². The minimum absolute atomic E-state index is 0.00178. The summed E-state index contributed by atoms with van der Waals surface area (Å²) in [7, 11) is 0. The SMILES string of the molecule is CC(=O)c1ccc(N2CCC[C@H](c3ccncc3)C2)c([N+](=O)[O-])c1. The maximum Gasteiger partial charge on any atom is 0.293 e. The first-order chi connectivity index (χ1) is 11.6. The van der Waals surface area contributed by atoms with Crippen molar-refractivity contribution in [2.45, 2.75) is 25.7 Å². The molecule has 1 saturated heterocycles. The van der Waals surface area contributed by atoms with Crippen molar-refractivity contribution in [3.8, 4) is 0 Å². The zero-order valence-corrected chi connectivity index (χ0v) is 13.5. The Balaban J connectivity index is 1.90. The molecule has 1 aromatic heterocycles. The zero-order chi connectivity index (χ0) is 17.1. The van der Waals surface area contributed by atoms with E-state index in [1.165, 1.54) is 18.6 Å². The number of hydrogen-bond donors (Lipinski definition) is 0. The van der Waals surface area contributed by atoms with Gasteiger partial charge >= 0.3 is 0 Å². The van der Waals surface area contributed by atoms with Gasteiger partial charge < -0.3 is 4.90 Å². The number of ketones is 1. The van der Waals surface area contributed by atoms with Crippen LogP contribution < -0.4 is 4.90 Å². The lowest BCUT2D eigenvalue weighted by molar-refractivity contribution is -0.384. The number of nitro groups is 1. The average molecular weight is 325 g/mol. The number of nitrogens with zero attached hydrogens (tertiary/aromatic N) is 3. The van der Waals surface area contributed by atoms with Gasteiger partial charge in [-0.2, -0.15) is 0 Å². The third kappa shape index (κ3) is 3.27. The highest BCUT2D eigenvalue weighted by atomic mass is 16.6. The van der Waals surface area contributed by atoms with Crippen LogP contribution in [0, 0.1) is 10.1 Å². The molecule has 1 atom stereocenters. The van der Waals surface area contributed by atoms with Crippen LogP contribution in [0.3, 0.4) is 0 Å². The van der Waals surface area contributed by atoms with Gasteiger partial charge in [-0.05, 0) is 49.6 Å². The molecule has 0 bridgehead atoms. The Hall–Kier alpha value is -2.76.